The predicted molar refractivity (Wildman–Crippen MR) is 95.7 cm³/mol. The largest absolute Gasteiger partial charge is 0.454 e. The minimum Gasteiger partial charge on any atom is -0.454 e. The van der Waals surface area contributed by atoms with E-state index in [1.807, 2.05) is 6.26 Å². The van der Waals surface area contributed by atoms with Crippen LogP contribution in [0, 0.1) is 0 Å². The molecule has 3 rings (SSSR count). The van der Waals surface area contributed by atoms with Crippen molar-refractivity contribution < 1.29 is 32.5 Å². The highest BCUT2D eigenvalue weighted by molar-refractivity contribution is 8.00. The third-order valence-corrected chi connectivity index (χ3v) is 6.04. The van der Waals surface area contributed by atoms with Crippen LogP contribution in [0.4, 0.5) is 13.6 Å². The van der Waals surface area contributed by atoms with Crippen LogP contribution in [-0.2, 0) is 11.3 Å². The van der Waals surface area contributed by atoms with Crippen LogP contribution >= 0.6 is 11.8 Å². The molecule has 2 aliphatic rings. The average Bonchev–Trinajstić information content (AvgIpc) is 3.12. The van der Waals surface area contributed by atoms with Gasteiger partial charge in [0.2, 0.25) is 6.79 Å². The van der Waals surface area contributed by atoms with Crippen molar-refractivity contribution in [1.29, 1.82) is 0 Å². The molecule has 150 valence electrons. The molecule has 1 fully saturated rings. The highest BCUT2D eigenvalue weighted by Gasteiger charge is 2.32. The minimum atomic E-state index is -2.98. The smallest absolute Gasteiger partial charge is 0.387 e. The average molecular weight is 404 g/mol. The maximum atomic E-state index is 12.7. The Bertz CT molecular complexity index is 671. The van der Waals surface area contributed by atoms with Gasteiger partial charge in [-0.2, -0.15) is 20.5 Å². The van der Waals surface area contributed by atoms with Crippen LogP contribution in [0.15, 0.2) is 12.1 Å². The van der Waals surface area contributed by atoms with Crippen LogP contribution in [0.1, 0.15) is 18.4 Å². The fourth-order valence-corrected chi connectivity index (χ4v) is 3.78. The van der Waals surface area contributed by atoms with Gasteiger partial charge in [0.1, 0.15) is 5.75 Å². The van der Waals surface area contributed by atoms with E-state index in [4.69, 9.17) is 14.2 Å². The van der Waals surface area contributed by atoms with E-state index in [0.717, 1.165) is 12.8 Å². The summed E-state index contributed by atoms with van der Waals surface area (Å²) in [7, 11) is 0. The van der Waals surface area contributed by atoms with E-state index in [1.54, 1.807) is 11.8 Å². The van der Waals surface area contributed by atoms with E-state index in [-0.39, 0.29) is 29.9 Å². The van der Waals surface area contributed by atoms with Crippen LogP contribution in [-0.4, -0.2) is 50.2 Å². The molecule has 0 atom stereocenters. The first kappa shape index (κ1) is 19.8. The summed E-state index contributed by atoms with van der Waals surface area (Å²) in [5.41, 5.74) is 0.375. The van der Waals surface area contributed by atoms with E-state index in [1.165, 1.54) is 12.1 Å². The molecule has 1 aromatic rings. The Morgan fingerprint density at radius 2 is 1.96 bits per heavy atom. The Kier molecular flexibility index (Phi) is 6.48. The summed E-state index contributed by atoms with van der Waals surface area (Å²) >= 11 is 1.72. The number of nitrogens with one attached hydrogen (secondary N) is 2. The van der Waals surface area contributed by atoms with Gasteiger partial charge in [-0.25, -0.2) is 4.79 Å². The lowest BCUT2D eigenvalue weighted by atomic mass is 9.99. The van der Waals surface area contributed by atoms with Crippen LogP contribution < -0.4 is 24.8 Å². The summed E-state index contributed by atoms with van der Waals surface area (Å²) in [5.74, 6) is 0.706. The van der Waals surface area contributed by atoms with Gasteiger partial charge >= 0.3 is 12.6 Å². The maximum absolute atomic E-state index is 12.7. The summed E-state index contributed by atoms with van der Waals surface area (Å²) in [6.07, 6.45) is 3.75. The van der Waals surface area contributed by atoms with E-state index < -0.39 is 6.61 Å². The number of alkyl halides is 2. The Labute approximate surface area is 160 Å². The van der Waals surface area contributed by atoms with Gasteiger partial charge in [0, 0.05) is 42.7 Å². The minimum absolute atomic E-state index is 0.0138. The first-order chi connectivity index (χ1) is 13.0. The monoisotopic (exact) mass is 404 g/mol. The summed E-state index contributed by atoms with van der Waals surface area (Å²) in [6, 6.07) is 2.49. The molecule has 2 amide bonds. The van der Waals surface area contributed by atoms with Crippen molar-refractivity contribution in [2.45, 2.75) is 30.7 Å². The zero-order valence-corrected chi connectivity index (χ0v) is 15.7. The molecule has 0 saturated carbocycles. The van der Waals surface area contributed by atoms with Crippen molar-refractivity contribution in [3.63, 3.8) is 0 Å². The Balaban J connectivity index is 1.58. The number of ether oxygens (including phenoxy) is 4. The predicted octanol–water partition coefficient (Wildman–Crippen LogP) is 2.73. The number of halogens is 2. The quantitative estimate of drug-likeness (QED) is 0.728. The second kappa shape index (κ2) is 8.83. The van der Waals surface area contributed by atoms with Gasteiger partial charge in [0.15, 0.2) is 11.5 Å². The molecule has 0 aliphatic carbocycles. The molecule has 0 aromatic heterocycles. The van der Waals surface area contributed by atoms with Crippen molar-refractivity contribution in [1.82, 2.24) is 10.6 Å². The Hall–Kier alpha value is -1.94. The molecule has 27 heavy (non-hydrogen) atoms. The molecule has 0 bridgehead atoms. The Morgan fingerprint density at radius 1 is 1.26 bits per heavy atom. The molecule has 2 heterocycles. The lowest BCUT2D eigenvalue weighted by Crippen LogP contribution is -2.47. The number of hydrogen-bond acceptors (Lipinski definition) is 6. The fourth-order valence-electron chi connectivity index (χ4n) is 2.99. The SMILES string of the molecule is CSC1(CNC(=O)NCc2cc3c(cc2OC(F)F)OCO3)CCOCC1. The van der Waals surface area contributed by atoms with Crippen molar-refractivity contribution in [3.05, 3.63) is 17.7 Å². The van der Waals surface area contributed by atoms with Gasteiger partial charge < -0.3 is 29.6 Å². The zero-order chi connectivity index (χ0) is 19.3. The molecule has 7 nitrogen and oxygen atoms in total. The molecule has 0 radical (unpaired) electrons. The number of thioether (sulfide) groups is 1. The number of rotatable bonds is 7. The number of carbonyl (C=O) groups is 1. The topological polar surface area (TPSA) is 78.1 Å². The first-order valence-electron chi connectivity index (χ1n) is 8.53. The number of urea groups is 1. The van der Waals surface area contributed by atoms with Crippen LogP contribution in [0.2, 0.25) is 0 Å². The van der Waals surface area contributed by atoms with Crippen LogP contribution in [0.25, 0.3) is 0 Å². The van der Waals surface area contributed by atoms with Gasteiger partial charge in [-0.05, 0) is 25.2 Å². The van der Waals surface area contributed by atoms with Crippen molar-refractivity contribution in [2.24, 2.45) is 0 Å². The third kappa shape index (κ3) is 5.07. The van der Waals surface area contributed by atoms with Crippen LogP contribution in [0.3, 0.4) is 0 Å². The lowest BCUT2D eigenvalue weighted by Gasteiger charge is -2.35. The van der Waals surface area contributed by atoms with E-state index in [9.17, 15) is 13.6 Å². The van der Waals surface area contributed by atoms with Gasteiger partial charge in [0.05, 0.1) is 0 Å². The van der Waals surface area contributed by atoms with Crippen molar-refractivity contribution >= 4 is 17.8 Å². The number of amides is 2. The molecule has 2 N–H and O–H groups in total. The molecular weight excluding hydrogens is 382 g/mol. The van der Waals surface area contributed by atoms with E-state index >= 15 is 0 Å². The van der Waals surface area contributed by atoms with Crippen molar-refractivity contribution in [2.75, 3.05) is 32.8 Å². The number of hydrogen-bond donors (Lipinski definition) is 2. The molecule has 10 heteroatoms. The highest BCUT2D eigenvalue weighted by Crippen LogP contribution is 2.38. The first-order valence-corrected chi connectivity index (χ1v) is 9.76. The lowest BCUT2D eigenvalue weighted by molar-refractivity contribution is -0.0505. The van der Waals surface area contributed by atoms with Gasteiger partial charge in [-0.1, -0.05) is 0 Å². The number of fused-ring (bicyclic) bond motifs is 1. The highest BCUT2D eigenvalue weighted by atomic mass is 32.2. The van der Waals surface area contributed by atoms with E-state index in [2.05, 4.69) is 15.4 Å². The normalized spacial score (nSPS) is 17.6. The molecule has 0 spiro atoms. The van der Waals surface area contributed by atoms with Gasteiger partial charge in [0.25, 0.3) is 0 Å². The summed E-state index contributed by atoms with van der Waals surface area (Å²) in [4.78, 5) is 12.2. The maximum Gasteiger partial charge on any atom is 0.387 e. The molecule has 2 aliphatic heterocycles. The van der Waals surface area contributed by atoms with Crippen molar-refractivity contribution in [3.8, 4) is 17.2 Å². The van der Waals surface area contributed by atoms with Gasteiger partial charge in [-0.15, -0.1) is 0 Å². The molecule has 0 unspecified atom stereocenters. The summed E-state index contributed by atoms with van der Waals surface area (Å²) < 4.78 is 45.6. The molecular formula is C17H22F2N2O5S. The molecule has 1 saturated heterocycles. The summed E-state index contributed by atoms with van der Waals surface area (Å²) in [5, 5.41) is 5.53. The van der Waals surface area contributed by atoms with E-state index in [0.29, 0.717) is 36.8 Å². The number of carbonyl (C=O) groups excluding carboxylic acids is 1. The number of benzene rings is 1. The fraction of sp³-hybridized carbons (Fsp3) is 0.588. The second-order valence-corrected chi connectivity index (χ2v) is 7.50. The second-order valence-electron chi connectivity index (χ2n) is 6.23. The Morgan fingerprint density at radius 3 is 2.63 bits per heavy atom. The molecule has 1 aromatic carbocycles. The van der Waals surface area contributed by atoms with Gasteiger partial charge in [-0.3, -0.25) is 0 Å². The standard InChI is InChI=1S/C17H22F2N2O5S/c1-27-17(2-4-23-5-3-17)9-21-16(22)20-8-11-6-13-14(25-10-24-13)7-12(11)26-15(18)19/h6-7,15H,2-5,8-10H2,1H3,(H2,20,21,22). The summed E-state index contributed by atoms with van der Waals surface area (Å²) in [6.45, 7) is -1.09. The van der Waals surface area contributed by atoms with Crippen LogP contribution in [0.5, 0.6) is 17.2 Å². The zero-order valence-electron chi connectivity index (χ0n) is 14.9. The third-order valence-electron chi connectivity index (χ3n) is 4.62.